The molecule has 0 aromatic heterocycles. The second-order valence-corrected chi connectivity index (χ2v) is 7.08. The largest absolute Gasteiger partial charge is 0.398 e. The van der Waals surface area contributed by atoms with Crippen LogP contribution in [-0.2, 0) is 6.42 Å². The van der Waals surface area contributed by atoms with Crippen molar-refractivity contribution in [1.82, 2.24) is 0 Å². The highest BCUT2D eigenvalue weighted by atomic mass is 33.1. The lowest BCUT2D eigenvalue weighted by Crippen LogP contribution is -1.97. The van der Waals surface area contributed by atoms with Crippen LogP contribution in [0.1, 0.15) is 23.6 Å². The van der Waals surface area contributed by atoms with Crippen LogP contribution in [0.25, 0.3) is 11.1 Å². The van der Waals surface area contributed by atoms with Crippen molar-refractivity contribution in [2.75, 3.05) is 12.0 Å². The molecule has 0 bridgehead atoms. The number of allylic oxidation sites excluding steroid dienone is 5. The molecule has 0 atom stereocenters. The average Bonchev–Trinajstić information content (AvgIpc) is 2.93. The number of fused-ring (bicyclic) bond motifs is 1. The van der Waals surface area contributed by atoms with E-state index in [1.54, 1.807) is 6.07 Å². The Labute approximate surface area is 158 Å². The molecule has 0 heterocycles. The highest BCUT2D eigenvalue weighted by molar-refractivity contribution is 8.68. The van der Waals surface area contributed by atoms with Crippen molar-refractivity contribution in [2.45, 2.75) is 13.3 Å². The molecule has 0 saturated heterocycles. The fourth-order valence-corrected chi connectivity index (χ4v) is 2.97. The van der Waals surface area contributed by atoms with Gasteiger partial charge in [0.25, 0.3) is 0 Å². The normalized spacial score (nSPS) is 15.0. The lowest BCUT2D eigenvalue weighted by atomic mass is 9.94. The maximum Gasteiger partial charge on any atom is 0.123 e. The Hall–Kier alpha value is -1.91. The zero-order chi connectivity index (χ0) is 18.4. The first-order chi connectivity index (χ1) is 12.0. The van der Waals surface area contributed by atoms with Gasteiger partial charge in [-0.15, -0.1) is 22.5 Å². The number of thiol groups is 1. The number of benzene rings is 2. The third-order valence-electron chi connectivity index (χ3n) is 4.04. The van der Waals surface area contributed by atoms with Gasteiger partial charge >= 0.3 is 0 Å². The summed E-state index contributed by atoms with van der Waals surface area (Å²) in [4.78, 5) is 0. The summed E-state index contributed by atoms with van der Waals surface area (Å²) in [6, 6.07) is 12.7. The van der Waals surface area contributed by atoms with E-state index in [-0.39, 0.29) is 5.82 Å². The van der Waals surface area contributed by atoms with Crippen LogP contribution in [0.3, 0.4) is 0 Å². The highest BCUT2D eigenvalue weighted by Crippen LogP contribution is 2.41. The number of rotatable bonds is 2. The Balaban J connectivity index is 0.000000701. The van der Waals surface area contributed by atoms with Gasteiger partial charge in [-0.2, -0.15) is 0 Å². The van der Waals surface area contributed by atoms with Crippen LogP contribution in [0, 0.1) is 5.82 Å². The van der Waals surface area contributed by atoms with Gasteiger partial charge in [-0.3, -0.25) is 0 Å². The minimum absolute atomic E-state index is 0.284. The van der Waals surface area contributed by atoms with Gasteiger partial charge in [-0.05, 0) is 65.6 Å². The standard InChI is InChI=1S/C20H18FN.CH4S2/c1-3-6-17(19-12-15(21)9-10-20(19)22)18-11-14-7-4-5-8-16(14)13(18)2;1-3-2/h3-10,12H,2,11,22H2,1H3;2H,1H3/b6-3-,18-17+;. The number of anilines is 1. The zero-order valence-corrected chi connectivity index (χ0v) is 16.1. The average molecular weight is 372 g/mol. The van der Waals surface area contributed by atoms with Gasteiger partial charge in [-0.1, -0.05) is 43.0 Å². The summed E-state index contributed by atoms with van der Waals surface area (Å²) in [7, 11) is 1.44. The molecule has 0 amide bonds. The van der Waals surface area contributed by atoms with Crippen LogP contribution in [0.5, 0.6) is 0 Å². The zero-order valence-electron chi connectivity index (χ0n) is 14.4. The fraction of sp³-hybridized carbons (Fsp3) is 0.143. The molecular weight excluding hydrogens is 349 g/mol. The molecule has 3 rings (SSSR count). The Morgan fingerprint density at radius 3 is 2.60 bits per heavy atom. The van der Waals surface area contributed by atoms with Gasteiger partial charge in [-0.25, -0.2) is 4.39 Å². The summed E-state index contributed by atoms with van der Waals surface area (Å²) < 4.78 is 13.7. The van der Waals surface area contributed by atoms with Crippen molar-refractivity contribution >= 4 is 39.3 Å². The lowest BCUT2D eigenvalue weighted by molar-refractivity contribution is 0.627. The van der Waals surface area contributed by atoms with Crippen LogP contribution in [0.2, 0.25) is 0 Å². The molecule has 25 heavy (non-hydrogen) atoms. The molecule has 130 valence electrons. The van der Waals surface area contributed by atoms with E-state index in [2.05, 4.69) is 30.4 Å². The highest BCUT2D eigenvalue weighted by Gasteiger charge is 2.22. The smallest absolute Gasteiger partial charge is 0.123 e. The van der Waals surface area contributed by atoms with Gasteiger partial charge in [0.1, 0.15) is 5.82 Å². The predicted octanol–water partition coefficient (Wildman–Crippen LogP) is 6.20. The molecule has 2 N–H and O–H groups in total. The Morgan fingerprint density at radius 2 is 1.96 bits per heavy atom. The second kappa shape index (κ2) is 8.97. The molecule has 1 aliphatic carbocycles. The Bertz CT molecular complexity index is 838. The first kappa shape index (κ1) is 19.4. The summed E-state index contributed by atoms with van der Waals surface area (Å²) in [5.74, 6) is -0.284. The van der Waals surface area contributed by atoms with E-state index in [0.717, 1.165) is 34.3 Å². The third-order valence-corrected chi connectivity index (χ3v) is 4.04. The van der Waals surface area contributed by atoms with Gasteiger partial charge in [0, 0.05) is 11.3 Å². The van der Waals surface area contributed by atoms with E-state index < -0.39 is 0 Å². The summed E-state index contributed by atoms with van der Waals surface area (Å²) in [5, 5.41) is 0. The monoisotopic (exact) mass is 371 g/mol. The van der Waals surface area contributed by atoms with Gasteiger partial charge in [0.2, 0.25) is 0 Å². The molecular formula is C21H22FNS2. The van der Waals surface area contributed by atoms with Crippen molar-refractivity contribution < 1.29 is 4.39 Å². The maximum atomic E-state index is 13.7. The quantitative estimate of drug-likeness (QED) is 0.373. The topological polar surface area (TPSA) is 26.0 Å². The van der Waals surface area contributed by atoms with Crippen molar-refractivity contribution in [2.24, 2.45) is 0 Å². The SMILES string of the molecule is C=C1/C(=C(\C=C/C)c2cc(F)ccc2N)Cc2ccccc21.CSS. The van der Waals surface area contributed by atoms with E-state index in [1.165, 1.54) is 28.5 Å². The van der Waals surface area contributed by atoms with Crippen LogP contribution in [0.4, 0.5) is 10.1 Å². The molecule has 0 saturated carbocycles. The minimum Gasteiger partial charge on any atom is -0.398 e. The molecule has 1 aliphatic rings. The van der Waals surface area contributed by atoms with Crippen LogP contribution >= 0.6 is 22.5 Å². The maximum absolute atomic E-state index is 13.7. The van der Waals surface area contributed by atoms with Crippen LogP contribution in [0.15, 0.2) is 66.8 Å². The molecule has 0 aliphatic heterocycles. The number of nitrogen functional groups attached to an aromatic ring is 1. The van der Waals surface area contributed by atoms with Gasteiger partial charge in [0.15, 0.2) is 0 Å². The van der Waals surface area contributed by atoms with E-state index in [4.69, 9.17) is 5.73 Å². The summed E-state index contributed by atoms with van der Waals surface area (Å²) in [6.07, 6.45) is 6.63. The van der Waals surface area contributed by atoms with E-state index >= 15 is 0 Å². The van der Waals surface area contributed by atoms with E-state index in [9.17, 15) is 4.39 Å². The van der Waals surface area contributed by atoms with E-state index in [0.29, 0.717) is 5.69 Å². The summed E-state index contributed by atoms with van der Waals surface area (Å²) in [6.45, 7) is 6.18. The lowest BCUT2D eigenvalue weighted by Gasteiger charge is -2.12. The minimum atomic E-state index is -0.284. The van der Waals surface area contributed by atoms with Crippen molar-refractivity contribution in [3.8, 4) is 0 Å². The molecule has 0 fully saturated rings. The molecule has 4 heteroatoms. The summed E-state index contributed by atoms with van der Waals surface area (Å²) in [5.41, 5.74) is 12.8. The molecule has 2 aromatic carbocycles. The van der Waals surface area contributed by atoms with Gasteiger partial charge < -0.3 is 5.73 Å². The predicted molar refractivity (Wildman–Crippen MR) is 114 cm³/mol. The number of halogens is 1. The van der Waals surface area contributed by atoms with Crippen molar-refractivity contribution in [3.05, 3.63) is 89.3 Å². The molecule has 2 aromatic rings. The van der Waals surface area contributed by atoms with E-state index in [1.807, 2.05) is 37.5 Å². The number of hydrogen-bond donors (Lipinski definition) is 2. The molecule has 1 nitrogen and oxygen atoms in total. The first-order valence-corrected chi connectivity index (χ1v) is 10.2. The van der Waals surface area contributed by atoms with Crippen molar-refractivity contribution in [1.29, 1.82) is 0 Å². The second-order valence-electron chi connectivity index (χ2n) is 5.62. The molecule has 0 spiro atoms. The summed E-state index contributed by atoms with van der Waals surface area (Å²) >= 11 is 3.71. The van der Waals surface area contributed by atoms with Crippen molar-refractivity contribution in [3.63, 3.8) is 0 Å². The van der Waals surface area contributed by atoms with Gasteiger partial charge in [0.05, 0.1) is 0 Å². The number of hydrogen-bond acceptors (Lipinski definition) is 3. The van der Waals surface area contributed by atoms with Crippen LogP contribution < -0.4 is 5.73 Å². The number of nitrogens with two attached hydrogens (primary N) is 1. The molecule has 0 radical (unpaired) electrons. The first-order valence-electron chi connectivity index (χ1n) is 7.89. The Kier molecular flexibility index (Phi) is 6.97. The Morgan fingerprint density at radius 1 is 1.28 bits per heavy atom. The third kappa shape index (κ3) is 4.39. The molecule has 0 unspecified atom stereocenters. The fourth-order valence-electron chi connectivity index (χ4n) is 2.97. The van der Waals surface area contributed by atoms with Crippen LogP contribution in [-0.4, -0.2) is 6.26 Å².